The fourth-order valence-corrected chi connectivity index (χ4v) is 7.05. The molecule has 0 radical (unpaired) electrons. The van der Waals surface area contributed by atoms with Gasteiger partial charge >= 0.3 is 0 Å². The van der Waals surface area contributed by atoms with Gasteiger partial charge in [-0.05, 0) is 33.1 Å². The Balaban J connectivity index is 1.28. The van der Waals surface area contributed by atoms with E-state index in [-0.39, 0.29) is 23.5 Å². The molecule has 0 N–H and O–H groups in total. The van der Waals surface area contributed by atoms with E-state index in [4.69, 9.17) is 14.7 Å². The van der Waals surface area contributed by atoms with Gasteiger partial charge in [-0.15, -0.1) is 0 Å². The van der Waals surface area contributed by atoms with Gasteiger partial charge in [0.05, 0.1) is 18.0 Å². The predicted molar refractivity (Wildman–Crippen MR) is 144 cm³/mol. The van der Waals surface area contributed by atoms with Crippen LogP contribution in [0.5, 0.6) is 5.75 Å². The zero-order valence-corrected chi connectivity index (χ0v) is 23.1. The Morgan fingerprint density at radius 1 is 1.18 bits per heavy atom. The van der Waals surface area contributed by atoms with Crippen molar-refractivity contribution in [2.75, 3.05) is 41.7 Å². The van der Waals surface area contributed by atoms with Gasteiger partial charge in [0.15, 0.2) is 11.4 Å². The Bertz CT molecular complexity index is 1370. The molecule has 0 aromatic carbocycles. The van der Waals surface area contributed by atoms with Gasteiger partial charge in [0.25, 0.3) is 0 Å². The van der Waals surface area contributed by atoms with Crippen LogP contribution in [0.15, 0.2) is 18.6 Å². The van der Waals surface area contributed by atoms with Crippen molar-refractivity contribution in [3.8, 4) is 11.8 Å². The number of carbonyl (C=O) groups excluding carboxylic acids is 1. The topological polar surface area (TPSA) is 116 Å². The largest absolute Gasteiger partial charge is 0.487 e. The lowest BCUT2D eigenvalue weighted by Gasteiger charge is -2.46. The monoisotopic (exact) mass is 535 g/mol. The van der Waals surface area contributed by atoms with Crippen LogP contribution in [0.25, 0.3) is 0 Å². The quantitative estimate of drug-likeness (QED) is 0.570. The summed E-state index contributed by atoms with van der Waals surface area (Å²) in [5.41, 5.74) is 1.95. The SMILES string of the molecule is CC1CN(c2ncnc3c2C(C)(C)CN3c2cnc(C#N)c(OC3CC3)c2)CCN1C(=O)C1(C)CCS1=O. The van der Waals surface area contributed by atoms with Crippen molar-refractivity contribution >= 4 is 34.0 Å². The number of hydrogen-bond donors (Lipinski definition) is 0. The molecule has 5 heterocycles. The summed E-state index contributed by atoms with van der Waals surface area (Å²) in [5.74, 6) is 2.84. The molecule has 3 atom stereocenters. The molecule has 200 valence electrons. The maximum Gasteiger partial charge on any atom is 0.241 e. The summed E-state index contributed by atoms with van der Waals surface area (Å²) in [7, 11) is -1.09. The van der Waals surface area contributed by atoms with E-state index in [9.17, 15) is 14.3 Å². The molecule has 1 amide bonds. The average Bonchev–Trinajstić information content (AvgIpc) is 3.68. The van der Waals surface area contributed by atoms with E-state index in [1.54, 1.807) is 12.5 Å². The minimum absolute atomic E-state index is 0.00573. The van der Waals surface area contributed by atoms with Crippen molar-refractivity contribution in [3.05, 3.63) is 29.8 Å². The molecule has 10 nitrogen and oxygen atoms in total. The van der Waals surface area contributed by atoms with Crippen molar-refractivity contribution in [1.82, 2.24) is 19.9 Å². The summed E-state index contributed by atoms with van der Waals surface area (Å²) in [4.78, 5) is 33.3. The molecule has 3 fully saturated rings. The summed E-state index contributed by atoms with van der Waals surface area (Å²) in [6, 6.07) is 4.01. The second-order valence-corrected chi connectivity index (χ2v) is 13.7. The van der Waals surface area contributed by atoms with Gasteiger partial charge in [-0.3, -0.25) is 9.00 Å². The van der Waals surface area contributed by atoms with Gasteiger partial charge in [0.1, 0.15) is 28.8 Å². The minimum atomic E-state index is -1.09. The molecule has 4 aliphatic rings. The molecule has 2 saturated heterocycles. The number of amides is 1. The van der Waals surface area contributed by atoms with Crippen LogP contribution in [0.2, 0.25) is 0 Å². The van der Waals surface area contributed by atoms with Crippen molar-refractivity contribution in [1.29, 1.82) is 5.26 Å². The van der Waals surface area contributed by atoms with Gasteiger partial charge in [-0.2, -0.15) is 5.26 Å². The summed E-state index contributed by atoms with van der Waals surface area (Å²) >= 11 is 0. The average molecular weight is 536 g/mol. The molecular weight excluding hydrogens is 502 g/mol. The molecule has 6 rings (SSSR count). The second kappa shape index (κ2) is 8.90. The van der Waals surface area contributed by atoms with Crippen molar-refractivity contribution < 1.29 is 13.7 Å². The first-order chi connectivity index (χ1) is 18.1. The molecule has 1 aliphatic carbocycles. The number of pyridine rings is 1. The number of aromatic nitrogens is 3. The van der Waals surface area contributed by atoms with E-state index < -0.39 is 15.5 Å². The van der Waals surface area contributed by atoms with Crippen LogP contribution >= 0.6 is 0 Å². The van der Waals surface area contributed by atoms with Crippen LogP contribution in [0, 0.1) is 11.3 Å². The van der Waals surface area contributed by atoms with Gasteiger partial charge in [-0.25, -0.2) is 15.0 Å². The molecule has 0 bridgehead atoms. The Labute approximate surface area is 225 Å². The number of rotatable bonds is 5. The zero-order chi connectivity index (χ0) is 26.8. The summed E-state index contributed by atoms with van der Waals surface area (Å²) < 4.78 is 17.5. The van der Waals surface area contributed by atoms with Gasteiger partial charge < -0.3 is 19.4 Å². The zero-order valence-electron chi connectivity index (χ0n) is 22.3. The molecule has 38 heavy (non-hydrogen) atoms. The molecule has 3 aliphatic heterocycles. The fraction of sp³-hybridized carbons (Fsp3) is 0.593. The Hall–Kier alpha value is -3.26. The van der Waals surface area contributed by atoms with Crippen LogP contribution in [-0.4, -0.2) is 78.8 Å². The number of piperazine rings is 1. The maximum atomic E-state index is 13.2. The summed E-state index contributed by atoms with van der Waals surface area (Å²) in [6.07, 6.45) is 6.16. The smallest absolute Gasteiger partial charge is 0.241 e. The third kappa shape index (κ3) is 4.01. The normalized spacial score (nSPS) is 27.9. The first-order valence-electron chi connectivity index (χ1n) is 13.3. The Kier molecular flexibility index (Phi) is 5.87. The summed E-state index contributed by atoms with van der Waals surface area (Å²) in [5, 5.41) is 9.51. The van der Waals surface area contributed by atoms with Crippen molar-refractivity contribution in [3.63, 3.8) is 0 Å². The van der Waals surface area contributed by atoms with Crippen molar-refractivity contribution in [2.24, 2.45) is 0 Å². The number of fused-ring (bicyclic) bond motifs is 1. The van der Waals surface area contributed by atoms with Crippen LogP contribution in [0.1, 0.15) is 58.2 Å². The van der Waals surface area contributed by atoms with Gasteiger partial charge in [-0.1, -0.05) is 13.8 Å². The molecular formula is C27H33N7O3S. The Morgan fingerprint density at radius 2 is 1.95 bits per heavy atom. The molecule has 1 saturated carbocycles. The van der Waals surface area contributed by atoms with Crippen LogP contribution in [-0.2, 0) is 21.0 Å². The molecule has 2 aromatic heterocycles. The van der Waals surface area contributed by atoms with Crippen LogP contribution < -0.4 is 14.5 Å². The van der Waals surface area contributed by atoms with Crippen molar-refractivity contribution in [2.45, 2.75) is 69.3 Å². The third-order valence-electron chi connectivity index (χ3n) is 8.27. The molecule has 3 unspecified atom stereocenters. The lowest BCUT2D eigenvalue weighted by Crippen LogP contribution is -2.63. The molecule has 11 heteroatoms. The number of hydrogen-bond acceptors (Lipinski definition) is 9. The van der Waals surface area contributed by atoms with E-state index in [0.29, 0.717) is 49.8 Å². The number of ether oxygens (including phenoxy) is 1. The van der Waals surface area contributed by atoms with Gasteiger partial charge in [0, 0.05) is 65.8 Å². The standard InChI is InChI=1S/C27H33N7O3S/c1-17-14-32(8-9-33(17)25(35)27(4)7-10-38(27)36)23-22-24(31-16-30-23)34(15-26(22,2)3)18-11-21(37-19-5-6-19)20(12-28)29-13-18/h11,13,16-17,19H,5-10,14-15H2,1-4H3. The Morgan fingerprint density at radius 3 is 2.58 bits per heavy atom. The highest BCUT2D eigenvalue weighted by molar-refractivity contribution is 7.88. The lowest BCUT2D eigenvalue weighted by atomic mass is 9.87. The van der Waals surface area contributed by atoms with E-state index in [2.05, 4.69) is 41.6 Å². The fourth-order valence-electron chi connectivity index (χ4n) is 5.75. The highest BCUT2D eigenvalue weighted by Crippen LogP contribution is 2.47. The van der Waals surface area contributed by atoms with E-state index in [1.807, 2.05) is 17.9 Å². The van der Waals surface area contributed by atoms with Crippen LogP contribution in [0.3, 0.4) is 0 Å². The number of nitrogens with zero attached hydrogens (tertiary/aromatic N) is 7. The first-order valence-corrected chi connectivity index (χ1v) is 14.6. The highest BCUT2D eigenvalue weighted by atomic mass is 32.2. The first kappa shape index (κ1) is 25.0. The second-order valence-electron chi connectivity index (χ2n) is 11.7. The van der Waals surface area contributed by atoms with Gasteiger partial charge in [0.2, 0.25) is 5.91 Å². The molecule has 2 aromatic rings. The number of carbonyl (C=O) groups is 1. The highest BCUT2D eigenvalue weighted by Gasteiger charge is 2.50. The lowest BCUT2D eigenvalue weighted by molar-refractivity contribution is -0.136. The predicted octanol–water partition coefficient (Wildman–Crippen LogP) is 2.66. The number of nitriles is 1. The van der Waals surface area contributed by atoms with Crippen LogP contribution in [0.4, 0.5) is 17.3 Å². The summed E-state index contributed by atoms with van der Waals surface area (Å²) in [6.45, 7) is 10.8. The molecule has 0 spiro atoms. The number of anilines is 3. The van der Waals surface area contributed by atoms with E-state index >= 15 is 0 Å². The maximum absolute atomic E-state index is 13.2. The van der Waals surface area contributed by atoms with E-state index in [0.717, 1.165) is 35.7 Å². The third-order valence-corrected chi connectivity index (χ3v) is 10.2. The minimum Gasteiger partial charge on any atom is -0.487 e. The van der Waals surface area contributed by atoms with E-state index in [1.165, 1.54) is 0 Å².